The number of ether oxygens (including phenoxy) is 2. The lowest BCUT2D eigenvalue weighted by molar-refractivity contribution is -0.139. The number of piperazine rings is 1. The first-order chi connectivity index (χ1) is 15.2. The first kappa shape index (κ1) is 24.3. The molecule has 6 nitrogen and oxygen atoms in total. The number of methoxy groups -OCH3 is 1. The molecular formula is C23H25Cl2FN2O4. The van der Waals surface area contributed by atoms with Gasteiger partial charge in [0.25, 0.3) is 5.91 Å². The van der Waals surface area contributed by atoms with Gasteiger partial charge in [0, 0.05) is 37.8 Å². The lowest BCUT2D eigenvalue weighted by Crippen LogP contribution is -2.58. The molecule has 1 heterocycles. The van der Waals surface area contributed by atoms with E-state index in [0.717, 1.165) is 5.56 Å². The summed E-state index contributed by atoms with van der Waals surface area (Å²) in [6, 6.07) is 9.26. The fourth-order valence-corrected chi connectivity index (χ4v) is 4.05. The van der Waals surface area contributed by atoms with E-state index in [2.05, 4.69) is 4.90 Å². The van der Waals surface area contributed by atoms with Crippen LogP contribution in [0.5, 0.6) is 5.75 Å². The molecule has 0 aliphatic carbocycles. The van der Waals surface area contributed by atoms with Gasteiger partial charge in [0.05, 0.1) is 17.2 Å². The van der Waals surface area contributed by atoms with Gasteiger partial charge in [0.1, 0.15) is 17.1 Å². The zero-order valence-electron chi connectivity index (χ0n) is 18.1. The lowest BCUT2D eigenvalue weighted by atomic mass is 10.1. The van der Waals surface area contributed by atoms with Gasteiger partial charge in [-0.25, -0.2) is 9.18 Å². The zero-order valence-corrected chi connectivity index (χ0v) is 19.6. The van der Waals surface area contributed by atoms with Gasteiger partial charge < -0.3 is 14.4 Å². The summed E-state index contributed by atoms with van der Waals surface area (Å²) >= 11 is 12.0. The number of esters is 1. The number of hydrogen-bond donors (Lipinski definition) is 0. The molecule has 2 atom stereocenters. The van der Waals surface area contributed by atoms with Crippen molar-refractivity contribution in [2.75, 3.05) is 26.8 Å². The van der Waals surface area contributed by atoms with Crippen LogP contribution in [0.25, 0.3) is 0 Å². The monoisotopic (exact) mass is 482 g/mol. The van der Waals surface area contributed by atoms with E-state index in [9.17, 15) is 14.0 Å². The Kier molecular flexibility index (Phi) is 7.98. The second kappa shape index (κ2) is 10.5. The highest BCUT2D eigenvalue weighted by Crippen LogP contribution is 2.31. The van der Waals surface area contributed by atoms with E-state index in [1.165, 1.54) is 31.4 Å². The molecule has 172 valence electrons. The standard InChI is InChI=1S/C23H25Cl2FN2O4/c1-14-11-28(15(2)10-27(14)12-16-4-6-17(26)7-5-16)22(29)13-32-21-9-20(25)19(24)8-18(21)23(30)31-3/h4-9,14-15H,10-13H2,1-3H3/t14-,15+/m0/s1. The molecule has 0 N–H and O–H groups in total. The number of benzene rings is 2. The number of carbonyl (C=O) groups excluding carboxylic acids is 2. The molecule has 0 aromatic heterocycles. The van der Waals surface area contributed by atoms with Crippen molar-refractivity contribution in [3.8, 4) is 5.75 Å². The molecule has 2 aromatic rings. The Morgan fingerprint density at radius 1 is 1.06 bits per heavy atom. The van der Waals surface area contributed by atoms with E-state index in [1.54, 1.807) is 17.0 Å². The Morgan fingerprint density at radius 2 is 1.72 bits per heavy atom. The van der Waals surface area contributed by atoms with Crippen LogP contribution in [0.15, 0.2) is 36.4 Å². The molecule has 1 aliphatic rings. The van der Waals surface area contributed by atoms with Crippen molar-refractivity contribution in [2.45, 2.75) is 32.5 Å². The van der Waals surface area contributed by atoms with Crippen LogP contribution in [0, 0.1) is 5.82 Å². The SMILES string of the molecule is COC(=O)c1cc(Cl)c(Cl)cc1OCC(=O)N1C[C@H](C)N(Cc2ccc(F)cc2)C[C@H]1C. The van der Waals surface area contributed by atoms with E-state index in [0.29, 0.717) is 19.6 Å². The maximum Gasteiger partial charge on any atom is 0.341 e. The largest absolute Gasteiger partial charge is 0.483 e. The maximum absolute atomic E-state index is 13.2. The quantitative estimate of drug-likeness (QED) is 0.570. The average molecular weight is 483 g/mol. The molecule has 1 saturated heterocycles. The molecule has 2 aromatic carbocycles. The number of nitrogens with zero attached hydrogens (tertiary/aromatic N) is 2. The van der Waals surface area contributed by atoms with E-state index >= 15 is 0 Å². The molecule has 3 rings (SSSR count). The topological polar surface area (TPSA) is 59.1 Å². The predicted molar refractivity (Wildman–Crippen MR) is 121 cm³/mol. The zero-order chi connectivity index (χ0) is 23.4. The van der Waals surface area contributed by atoms with Crippen LogP contribution < -0.4 is 4.74 Å². The molecule has 1 amide bonds. The minimum Gasteiger partial charge on any atom is -0.483 e. The maximum atomic E-state index is 13.2. The summed E-state index contributed by atoms with van der Waals surface area (Å²) in [7, 11) is 1.24. The Labute approximate surface area is 196 Å². The fourth-order valence-electron chi connectivity index (χ4n) is 3.73. The number of rotatable bonds is 6. The predicted octanol–water partition coefficient (Wildman–Crippen LogP) is 4.42. The Balaban J connectivity index is 1.63. The van der Waals surface area contributed by atoms with Crippen LogP contribution in [-0.4, -0.2) is 60.6 Å². The third-order valence-electron chi connectivity index (χ3n) is 5.51. The highest BCUT2D eigenvalue weighted by atomic mass is 35.5. The minimum atomic E-state index is -0.637. The van der Waals surface area contributed by atoms with E-state index in [1.807, 2.05) is 13.8 Å². The Morgan fingerprint density at radius 3 is 2.38 bits per heavy atom. The summed E-state index contributed by atoms with van der Waals surface area (Å²) in [6.07, 6.45) is 0. The van der Waals surface area contributed by atoms with Gasteiger partial charge in [-0.3, -0.25) is 9.69 Å². The molecular weight excluding hydrogens is 458 g/mol. The molecule has 0 bridgehead atoms. The molecule has 1 fully saturated rings. The fraction of sp³-hybridized carbons (Fsp3) is 0.391. The summed E-state index contributed by atoms with van der Waals surface area (Å²) in [5.41, 5.74) is 1.11. The first-order valence-electron chi connectivity index (χ1n) is 10.2. The van der Waals surface area contributed by atoms with Crippen molar-refractivity contribution < 1.29 is 23.5 Å². The summed E-state index contributed by atoms with van der Waals surface area (Å²) in [5, 5.41) is 0.392. The van der Waals surface area contributed by atoms with Crippen molar-refractivity contribution in [3.05, 3.63) is 63.4 Å². The third kappa shape index (κ3) is 5.71. The number of carbonyl (C=O) groups is 2. The van der Waals surface area contributed by atoms with Crippen molar-refractivity contribution in [1.29, 1.82) is 0 Å². The van der Waals surface area contributed by atoms with E-state index in [4.69, 9.17) is 32.7 Å². The summed E-state index contributed by atoms with van der Waals surface area (Å²) in [6.45, 7) is 5.64. The van der Waals surface area contributed by atoms with Gasteiger partial charge in [0.15, 0.2) is 6.61 Å². The van der Waals surface area contributed by atoms with Gasteiger partial charge in [-0.15, -0.1) is 0 Å². The van der Waals surface area contributed by atoms with Gasteiger partial charge >= 0.3 is 5.97 Å². The Bertz CT molecular complexity index is 987. The Hall–Kier alpha value is -2.35. The number of amides is 1. The van der Waals surface area contributed by atoms with Crippen molar-refractivity contribution in [2.24, 2.45) is 0 Å². The van der Waals surface area contributed by atoms with Crippen LogP contribution in [0.3, 0.4) is 0 Å². The van der Waals surface area contributed by atoms with Crippen LogP contribution >= 0.6 is 23.2 Å². The van der Waals surface area contributed by atoms with E-state index < -0.39 is 5.97 Å². The molecule has 1 aliphatic heterocycles. The molecule has 9 heteroatoms. The molecule has 0 spiro atoms. The smallest absolute Gasteiger partial charge is 0.341 e. The highest BCUT2D eigenvalue weighted by Gasteiger charge is 2.32. The normalized spacial score (nSPS) is 19.0. The van der Waals surface area contributed by atoms with Gasteiger partial charge in [-0.1, -0.05) is 35.3 Å². The van der Waals surface area contributed by atoms with Gasteiger partial charge in [-0.2, -0.15) is 0 Å². The van der Waals surface area contributed by atoms with Crippen LogP contribution in [-0.2, 0) is 16.1 Å². The third-order valence-corrected chi connectivity index (χ3v) is 6.24. The van der Waals surface area contributed by atoms with Gasteiger partial charge in [0.2, 0.25) is 0 Å². The van der Waals surface area contributed by atoms with Crippen LogP contribution in [0.1, 0.15) is 29.8 Å². The lowest BCUT2D eigenvalue weighted by Gasteiger charge is -2.44. The summed E-state index contributed by atoms with van der Waals surface area (Å²) in [5.74, 6) is -0.965. The van der Waals surface area contributed by atoms with Crippen LogP contribution in [0.2, 0.25) is 10.0 Å². The summed E-state index contributed by atoms with van der Waals surface area (Å²) in [4.78, 5) is 28.9. The highest BCUT2D eigenvalue weighted by molar-refractivity contribution is 6.42. The van der Waals surface area contributed by atoms with Gasteiger partial charge in [-0.05, 0) is 37.6 Å². The number of halogens is 3. The molecule has 0 radical (unpaired) electrons. The summed E-state index contributed by atoms with van der Waals surface area (Å²) < 4.78 is 23.6. The average Bonchev–Trinajstić information content (AvgIpc) is 2.77. The second-order valence-electron chi connectivity index (χ2n) is 7.84. The molecule has 32 heavy (non-hydrogen) atoms. The second-order valence-corrected chi connectivity index (χ2v) is 8.66. The first-order valence-corrected chi connectivity index (χ1v) is 10.9. The van der Waals surface area contributed by atoms with Crippen molar-refractivity contribution in [3.63, 3.8) is 0 Å². The van der Waals surface area contributed by atoms with Crippen molar-refractivity contribution in [1.82, 2.24) is 9.80 Å². The van der Waals surface area contributed by atoms with E-state index in [-0.39, 0.29) is 51.8 Å². The minimum absolute atomic E-state index is 0.0448. The van der Waals surface area contributed by atoms with Crippen LogP contribution in [0.4, 0.5) is 4.39 Å². The molecule has 0 saturated carbocycles. The molecule has 0 unspecified atom stereocenters. The number of hydrogen-bond acceptors (Lipinski definition) is 5. The van der Waals surface area contributed by atoms with Crippen molar-refractivity contribution >= 4 is 35.1 Å².